The van der Waals surface area contributed by atoms with Crippen LogP contribution in [0.25, 0.3) is 11.6 Å². The molecule has 0 bridgehead atoms. The van der Waals surface area contributed by atoms with Crippen molar-refractivity contribution < 1.29 is 9.21 Å². The number of aromatic nitrogens is 3. The summed E-state index contributed by atoms with van der Waals surface area (Å²) >= 11 is 4.73. The topological polar surface area (TPSA) is 90.2 Å². The number of thioether (sulfide) groups is 1. The number of nitrogens with zero attached hydrogens (tertiary/aromatic N) is 4. The van der Waals surface area contributed by atoms with Gasteiger partial charge in [0.25, 0.3) is 0 Å². The van der Waals surface area contributed by atoms with Gasteiger partial charge in [0.2, 0.25) is 16.9 Å². The molecule has 0 saturated carbocycles. The van der Waals surface area contributed by atoms with Crippen LogP contribution in [0, 0.1) is 0 Å². The monoisotopic (exact) mass is 421 g/mol. The lowest BCUT2D eigenvalue weighted by Gasteiger charge is -2.17. The smallest absolute Gasteiger partial charge is 0.233 e. The fourth-order valence-electron chi connectivity index (χ4n) is 2.16. The van der Waals surface area contributed by atoms with Crippen LogP contribution in [0.4, 0.5) is 0 Å². The lowest BCUT2D eigenvalue weighted by Crippen LogP contribution is -2.28. The highest BCUT2D eigenvalue weighted by molar-refractivity contribution is 9.10. The van der Waals surface area contributed by atoms with Crippen LogP contribution in [0.15, 0.2) is 56.7 Å². The Kier molecular flexibility index (Phi) is 5.44. The summed E-state index contributed by atoms with van der Waals surface area (Å²) < 4.78 is 7.57. The molecule has 0 saturated heterocycles. The van der Waals surface area contributed by atoms with E-state index in [4.69, 9.17) is 10.3 Å². The minimum Gasteiger partial charge on any atom is -0.461 e. The Morgan fingerprint density at radius 2 is 2.12 bits per heavy atom. The van der Waals surface area contributed by atoms with Gasteiger partial charge in [-0.1, -0.05) is 45.9 Å². The summed E-state index contributed by atoms with van der Waals surface area (Å²) in [4.78, 5) is 14.0. The molecule has 3 rings (SSSR count). The van der Waals surface area contributed by atoms with Crippen molar-refractivity contribution in [1.82, 2.24) is 19.8 Å². The molecule has 0 unspecified atom stereocenters. The van der Waals surface area contributed by atoms with Crippen LogP contribution in [0.3, 0.4) is 0 Å². The van der Waals surface area contributed by atoms with Crippen LogP contribution < -0.4 is 5.84 Å². The predicted molar refractivity (Wildman–Crippen MR) is 99.2 cm³/mol. The summed E-state index contributed by atoms with van der Waals surface area (Å²) in [5, 5.41) is 8.47. The van der Waals surface area contributed by atoms with Crippen molar-refractivity contribution >= 4 is 33.6 Å². The second-order valence-corrected chi connectivity index (χ2v) is 7.08. The molecule has 1 aromatic carbocycles. The van der Waals surface area contributed by atoms with Crippen LogP contribution in [0.5, 0.6) is 0 Å². The van der Waals surface area contributed by atoms with Gasteiger partial charge in [0.1, 0.15) is 0 Å². The van der Waals surface area contributed by atoms with Crippen LogP contribution in [-0.4, -0.2) is 38.5 Å². The Hall–Kier alpha value is -2.26. The Labute approximate surface area is 157 Å². The highest BCUT2D eigenvalue weighted by Crippen LogP contribution is 2.22. The van der Waals surface area contributed by atoms with E-state index >= 15 is 0 Å². The zero-order valence-corrected chi connectivity index (χ0v) is 15.8. The van der Waals surface area contributed by atoms with Gasteiger partial charge < -0.3 is 15.2 Å². The Morgan fingerprint density at radius 3 is 2.84 bits per heavy atom. The quantitative estimate of drug-likeness (QED) is 0.485. The summed E-state index contributed by atoms with van der Waals surface area (Å²) in [5.41, 5.74) is 1.05. The lowest BCUT2D eigenvalue weighted by atomic mass is 10.2. The van der Waals surface area contributed by atoms with E-state index in [9.17, 15) is 4.79 Å². The molecule has 25 heavy (non-hydrogen) atoms. The first-order valence-electron chi connectivity index (χ1n) is 7.41. The molecule has 1 amide bonds. The van der Waals surface area contributed by atoms with E-state index in [0.29, 0.717) is 23.3 Å². The highest BCUT2D eigenvalue weighted by atomic mass is 79.9. The zero-order valence-electron chi connectivity index (χ0n) is 13.4. The van der Waals surface area contributed by atoms with Gasteiger partial charge in [0.15, 0.2) is 5.76 Å². The van der Waals surface area contributed by atoms with E-state index in [1.54, 1.807) is 24.1 Å². The van der Waals surface area contributed by atoms with Crippen LogP contribution in [0.2, 0.25) is 0 Å². The van der Waals surface area contributed by atoms with Crippen LogP contribution in [-0.2, 0) is 11.3 Å². The third-order valence-electron chi connectivity index (χ3n) is 3.52. The third kappa shape index (κ3) is 4.05. The van der Waals surface area contributed by atoms with Gasteiger partial charge in [-0.2, -0.15) is 0 Å². The van der Waals surface area contributed by atoms with Gasteiger partial charge in [-0.3, -0.25) is 4.79 Å². The second kappa shape index (κ2) is 7.75. The number of benzene rings is 1. The van der Waals surface area contributed by atoms with Crippen molar-refractivity contribution in [3.8, 4) is 11.6 Å². The summed E-state index contributed by atoms with van der Waals surface area (Å²) in [7, 11) is 1.77. The largest absolute Gasteiger partial charge is 0.461 e. The van der Waals surface area contributed by atoms with Crippen LogP contribution in [0.1, 0.15) is 5.56 Å². The average molecular weight is 422 g/mol. The van der Waals surface area contributed by atoms with Crippen molar-refractivity contribution in [2.24, 2.45) is 0 Å². The number of hydrogen-bond donors (Lipinski definition) is 1. The van der Waals surface area contributed by atoms with Crippen LogP contribution >= 0.6 is 27.7 Å². The zero-order chi connectivity index (χ0) is 17.8. The third-order valence-corrected chi connectivity index (χ3v) is 5.22. The Bertz CT molecular complexity index is 865. The lowest BCUT2D eigenvalue weighted by molar-refractivity contribution is -0.127. The van der Waals surface area contributed by atoms with Crippen molar-refractivity contribution in [3.05, 3.63) is 52.7 Å². The van der Waals surface area contributed by atoms with Gasteiger partial charge >= 0.3 is 0 Å². The number of rotatable bonds is 6. The number of carbonyl (C=O) groups excluding carboxylic acids is 1. The Balaban J connectivity index is 1.60. The normalized spacial score (nSPS) is 10.8. The van der Waals surface area contributed by atoms with Gasteiger partial charge in [-0.05, 0) is 23.8 Å². The van der Waals surface area contributed by atoms with Gasteiger partial charge in [0.05, 0.1) is 12.0 Å². The van der Waals surface area contributed by atoms with E-state index in [1.165, 1.54) is 22.7 Å². The maximum Gasteiger partial charge on any atom is 0.233 e. The minimum absolute atomic E-state index is 0.0247. The molecule has 0 spiro atoms. The molecule has 7 nitrogen and oxygen atoms in total. The molecule has 0 aliphatic heterocycles. The first kappa shape index (κ1) is 17.6. The van der Waals surface area contributed by atoms with Gasteiger partial charge in [-0.25, -0.2) is 4.68 Å². The molecule has 2 N–H and O–H groups in total. The first-order valence-corrected chi connectivity index (χ1v) is 9.18. The maximum absolute atomic E-state index is 12.4. The van der Waals surface area contributed by atoms with Crippen molar-refractivity contribution in [1.29, 1.82) is 0 Å². The minimum atomic E-state index is -0.0247. The van der Waals surface area contributed by atoms with Crippen molar-refractivity contribution in [2.45, 2.75) is 11.7 Å². The molecule has 0 atom stereocenters. The SMILES string of the molecule is CN(Cc1ccccc1Br)C(=O)CSc1nnc(-c2ccco2)n1N. The van der Waals surface area contributed by atoms with Crippen molar-refractivity contribution in [2.75, 3.05) is 18.6 Å². The number of halogens is 1. The fourth-order valence-corrected chi connectivity index (χ4v) is 3.36. The second-order valence-electron chi connectivity index (χ2n) is 5.28. The molecule has 0 aliphatic carbocycles. The molecule has 2 aromatic heterocycles. The van der Waals surface area contributed by atoms with E-state index in [1.807, 2.05) is 24.3 Å². The molecule has 0 aliphatic rings. The number of nitrogen functional groups attached to an aromatic ring is 1. The Morgan fingerprint density at radius 1 is 1.32 bits per heavy atom. The summed E-state index contributed by atoms with van der Waals surface area (Å²) in [6.07, 6.45) is 1.54. The fraction of sp³-hybridized carbons (Fsp3) is 0.188. The summed E-state index contributed by atoms with van der Waals surface area (Å²) in [5.74, 6) is 7.12. The number of nitrogens with two attached hydrogens (primary N) is 1. The molecule has 0 fully saturated rings. The predicted octanol–water partition coefficient (Wildman–Crippen LogP) is 2.77. The van der Waals surface area contributed by atoms with E-state index in [-0.39, 0.29) is 11.7 Å². The summed E-state index contributed by atoms with van der Waals surface area (Å²) in [6.45, 7) is 0.522. The molecular formula is C16H16BrN5O2S. The number of amides is 1. The maximum atomic E-state index is 12.4. The van der Waals surface area contributed by atoms with Gasteiger partial charge in [0, 0.05) is 18.1 Å². The highest BCUT2D eigenvalue weighted by Gasteiger charge is 2.17. The standard InChI is InChI=1S/C16H16BrN5O2S/c1-21(9-11-5-2-3-6-12(11)17)14(23)10-25-16-20-19-15(22(16)18)13-7-4-8-24-13/h2-8H,9-10,18H2,1H3. The number of furan rings is 1. The number of carbonyl (C=O) groups is 1. The molecule has 3 aromatic rings. The molecule has 2 heterocycles. The van der Waals surface area contributed by atoms with E-state index < -0.39 is 0 Å². The van der Waals surface area contributed by atoms with E-state index in [0.717, 1.165) is 10.0 Å². The van der Waals surface area contributed by atoms with Crippen molar-refractivity contribution in [3.63, 3.8) is 0 Å². The molecule has 9 heteroatoms. The molecular weight excluding hydrogens is 406 g/mol. The molecule has 130 valence electrons. The van der Waals surface area contributed by atoms with Gasteiger partial charge in [-0.15, -0.1) is 10.2 Å². The molecule has 0 radical (unpaired) electrons. The first-order chi connectivity index (χ1) is 12.1. The summed E-state index contributed by atoms with van der Waals surface area (Å²) in [6, 6.07) is 11.3. The average Bonchev–Trinajstić information content (AvgIpc) is 3.24. The number of hydrogen-bond acceptors (Lipinski definition) is 6. The van der Waals surface area contributed by atoms with E-state index in [2.05, 4.69) is 26.1 Å².